The van der Waals surface area contributed by atoms with Crippen LogP contribution in [0.2, 0.25) is 0 Å². The first kappa shape index (κ1) is 13.9. The number of nitrogen functional groups attached to an aromatic ring is 1. The maximum absolute atomic E-state index is 11.5. The standard InChI is InChI=1S/C14H18N4O2/c1-7(13-8(2)18-20-9(13)3)17-12-5-4-10(15)6-11(12)14(16)19/h4-7,17H,15H2,1-3H3,(H2,16,19). The highest BCUT2D eigenvalue weighted by atomic mass is 16.5. The van der Waals surface area contributed by atoms with Crippen LogP contribution in [0.3, 0.4) is 0 Å². The zero-order valence-electron chi connectivity index (χ0n) is 11.7. The first-order valence-electron chi connectivity index (χ1n) is 6.28. The second-order valence-corrected chi connectivity index (χ2v) is 4.77. The predicted molar refractivity (Wildman–Crippen MR) is 77.4 cm³/mol. The summed E-state index contributed by atoms with van der Waals surface area (Å²) in [4.78, 5) is 11.5. The number of hydrogen-bond donors (Lipinski definition) is 3. The highest BCUT2D eigenvalue weighted by molar-refractivity contribution is 5.99. The molecule has 1 heterocycles. The lowest BCUT2D eigenvalue weighted by Gasteiger charge is -2.17. The molecule has 0 bridgehead atoms. The molecular formula is C14H18N4O2. The molecule has 2 aromatic rings. The molecule has 2 rings (SSSR count). The van der Waals surface area contributed by atoms with Crippen molar-refractivity contribution in [2.75, 3.05) is 11.1 Å². The lowest BCUT2D eigenvalue weighted by atomic mass is 10.1. The number of carbonyl (C=O) groups is 1. The van der Waals surface area contributed by atoms with Crippen LogP contribution in [0.4, 0.5) is 11.4 Å². The van der Waals surface area contributed by atoms with E-state index in [-0.39, 0.29) is 6.04 Å². The molecule has 20 heavy (non-hydrogen) atoms. The zero-order valence-corrected chi connectivity index (χ0v) is 11.7. The number of aromatic nitrogens is 1. The van der Waals surface area contributed by atoms with Gasteiger partial charge in [0.15, 0.2) is 0 Å². The van der Waals surface area contributed by atoms with E-state index in [2.05, 4.69) is 10.5 Å². The summed E-state index contributed by atoms with van der Waals surface area (Å²) in [6.45, 7) is 5.70. The highest BCUT2D eigenvalue weighted by Crippen LogP contribution is 2.27. The minimum atomic E-state index is -0.522. The molecule has 0 saturated carbocycles. The minimum Gasteiger partial charge on any atom is -0.399 e. The third-order valence-corrected chi connectivity index (χ3v) is 3.20. The Kier molecular flexibility index (Phi) is 3.65. The second kappa shape index (κ2) is 5.24. The minimum absolute atomic E-state index is 0.0667. The molecule has 5 N–H and O–H groups in total. The van der Waals surface area contributed by atoms with Gasteiger partial charge in [0, 0.05) is 16.9 Å². The lowest BCUT2D eigenvalue weighted by Crippen LogP contribution is -2.17. The van der Waals surface area contributed by atoms with Gasteiger partial charge in [0.2, 0.25) is 0 Å². The molecule has 1 aromatic carbocycles. The average Bonchev–Trinajstić information content (AvgIpc) is 2.71. The molecule has 0 radical (unpaired) electrons. The van der Waals surface area contributed by atoms with E-state index in [0.717, 1.165) is 17.0 Å². The Morgan fingerprint density at radius 2 is 2.10 bits per heavy atom. The van der Waals surface area contributed by atoms with E-state index >= 15 is 0 Å². The molecule has 6 heteroatoms. The van der Waals surface area contributed by atoms with Gasteiger partial charge in [0.25, 0.3) is 5.91 Å². The van der Waals surface area contributed by atoms with Crippen molar-refractivity contribution in [2.24, 2.45) is 5.73 Å². The largest absolute Gasteiger partial charge is 0.399 e. The maximum atomic E-state index is 11.5. The fourth-order valence-electron chi connectivity index (χ4n) is 2.31. The Balaban J connectivity index is 2.33. The van der Waals surface area contributed by atoms with Crippen LogP contribution in [-0.4, -0.2) is 11.1 Å². The number of rotatable bonds is 4. The molecule has 0 spiro atoms. The van der Waals surface area contributed by atoms with Crippen LogP contribution in [0.25, 0.3) is 0 Å². The number of nitrogens with one attached hydrogen (secondary N) is 1. The normalized spacial score (nSPS) is 12.2. The van der Waals surface area contributed by atoms with Gasteiger partial charge < -0.3 is 21.3 Å². The van der Waals surface area contributed by atoms with Crippen molar-refractivity contribution in [1.29, 1.82) is 0 Å². The molecule has 1 aromatic heterocycles. The van der Waals surface area contributed by atoms with Crippen molar-refractivity contribution in [3.05, 3.63) is 40.8 Å². The molecule has 1 amide bonds. The lowest BCUT2D eigenvalue weighted by molar-refractivity contribution is 0.100. The predicted octanol–water partition coefficient (Wildman–Crippen LogP) is 2.15. The van der Waals surface area contributed by atoms with Crippen molar-refractivity contribution >= 4 is 17.3 Å². The quantitative estimate of drug-likeness (QED) is 0.740. The Bertz CT molecular complexity index is 629. The van der Waals surface area contributed by atoms with Crippen molar-refractivity contribution in [3.8, 4) is 0 Å². The first-order valence-corrected chi connectivity index (χ1v) is 6.28. The van der Waals surface area contributed by atoms with Gasteiger partial charge in [-0.3, -0.25) is 4.79 Å². The number of anilines is 2. The monoisotopic (exact) mass is 274 g/mol. The number of nitrogens with two attached hydrogens (primary N) is 2. The fourth-order valence-corrected chi connectivity index (χ4v) is 2.31. The third kappa shape index (κ3) is 2.59. The molecule has 0 aliphatic rings. The summed E-state index contributed by atoms with van der Waals surface area (Å²) in [6, 6.07) is 4.95. The van der Waals surface area contributed by atoms with Gasteiger partial charge in [-0.25, -0.2) is 0 Å². The number of benzene rings is 1. The molecule has 0 aliphatic carbocycles. The zero-order chi connectivity index (χ0) is 14.9. The summed E-state index contributed by atoms with van der Waals surface area (Å²) in [5.41, 5.74) is 14.3. The summed E-state index contributed by atoms with van der Waals surface area (Å²) < 4.78 is 5.15. The Labute approximate surface area is 117 Å². The molecule has 106 valence electrons. The molecular weight excluding hydrogens is 256 g/mol. The number of carbonyl (C=O) groups excluding carboxylic acids is 1. The van der Waals surface area contributed by atoms with Gasteiger partial charge in [0.1, 0.15) is 5.76 Å². The van der Waals surface area contributed by atoms with Crippen LogP contribution >= 0.6 is 0 Å². The van der Waals surface area contributed by atoms with E-state index in [1.54, 1.807) is 18.2 Å². The summed E-state index contributed by atoms with van der Waals surface area (Å²) in [6.07, 6.45) is 0. The summed E-state index contributed by atoms with van der Waals surface area (Å²) in [5, 5.41) is 7.17. The molecule has 0 saturated heterocycles. The van der Waals surface area contributed by atoms with E-state index in [4.69, 9.17) is 16.0 Å². The SMILES string of the molecule is Cc1noc(C)c1C(C)Nc1ccc(N)cc1C(N)=O. The van der Waals surface area contributed by atoms with E-state index in [1.165, 1.54) is 0 Å². The van der Waals surface area contributed by atoms with E-state index < -0.39 is 5.91 Å². The molecule has 6 nitrogen and oxygen atoms in total. The van der Waals surface area contributed by atoms with E-state index in [9.17, 15) is 4.79 Å². The smallest absolute Gasteiger partial charge is 0.250 e. The Hall–Kier alpha value is -2.50. The number of aryl methyl sites for hydroxylation is 2. The van der Waals surface area contributed by atoms with E-state index in [1.807, 2.05) is 20.8 Å². The molecule has 0 fully saturated rings. The summed E-state index contributed by atoms with van der Waals surface area (Å²) in [5.74, 6) is 0.226. The van der Waals surface area contributed by atoms with Crippen LogP contribution in [-0.2, 0) is 0 Å². The third-order valence-electron chi connectivity index (χ3n) is 3.20. The van der Waals surface area contributed by atoms with Gasteiger partial charge in [0.05, 0.1) is 17.3 Å². The van der Waals surface area contributed by atoms with Crippen LogP contribution in [0.1, 0.15) is 40.3 Å². The van der Waals surface area contributed by atoms with Gasteiger partial charge in [-0.15, -0.1) is 0 Å². The van der Waals surface area contributed by atoms with Gasteiger partial charge in [-0.1, -0.05) is 5.16 Å². The Morgan fingerprint density at radius 1 is 1.40 bits per heavy atom. The van der Waals surface area contributed by atoms with Gasteiger partial charge in [-0.05, 0) is 39.0 Å². The second-order valence-electron chi connectivity index (χ2n) is 4.77. The van der Waals surface area contributed by atoms with E-state index in [0.29, 0.717) is 16.9 Å². The molecule has 1 atom stereocenters. The van der Waals surface area contributed by atoms with Crippen molar-refractivity contribution in [1.82, 2.24) is 5.16 Å². The molecule has 0 aliphatic heterocycles. The average molecular weight is 274 g/mol. The van der Waals surface area contributed by atoms with Crippen molar-refractivity contribution in [2.45, 2.75) is 26.8 Å². The Morgan fingerprint density at radius 3 is 2.65 bits per heavy atom. The fraction of sp³-hybridized carbons (Fsp3) is 0.286. The van der Waals surface area contributed by atoms with Crippen LogP contribution in [0.15, 0.2) is 22.7 Å². The number of primary amides is 1. The maximum Gasteiger partial charge on any atom is 0.250 e. The first-order chi connectivity index (χ1) is 9.40. The van der Waals surface area contributed by atoms with Crippen LogP contribution in [0, 0.1) is 13.8 Å². The number of amides is 1. The topological polar surface area (TPSA) is 107 Å². The number of nitrogens with zero attached hydrogens (tertiary/aromatic N) is 1. The summed E-state index contributed by atoms with van der Waals surface area (Å²) in [7, 11) is 0. The van der Waals surface area contributed by atoms with Crippen LogP contribution in [0.5, 0.6) is 0 Å². The highest BCUT2D eigenvalue weighted by Gasteiger charge is 2.18. The van der Waals surface area contributed by atoms with Crippen molar-refractivity contribution < 1.29 is 9.32 Å². The number of hydrogen-bond acceptors (Lipinski definition) is 5. The van der Waals surface area contributed by atoms with Gasteiger partial charge >= 0.3 is 0 Å². The molecule has 1 unspecified atom stereocenters. The summed E-state index contributed by atoms with van der Waals surface area (Å²) >= 11 is 0. The van der Waals surface area contributed by atoms with Crippen molar-refractivity contribution in [3.63, 3.8) is 0 Å². The van der Waals surface area contributed by atoms with Gasteiger partial charge in [-0.2, -0.15) is 0 Å². The van der Waals surface area contributed by atoms with Crippen LogP contribution < -0.4 is 16.8 Å².